The van der Waals surface area contributed by atoms with E-state index in [1.54, 1.807) is 0 Å². The number of rotatable bonds is 7. The molecule has 113 valence electrons. The first-order chi connectivity index (χ1) is 10.9. The maximum absolute atomic E-state index is 3.48. The van der Waals surface area contributed by atoms with E-state index in [2.05, 4.69) is 61.5 Å². The van der Waals surface area contributed by atoms with Gasteiger partial charge in [0.1, 0.15) is 0 Å². The van der Waals surface area contributed by atoms with Crippen LogP contribution in [0.5, 0.6) is 0 Å². The predicted molar refractivity (Wildman–Crippen MR) is 97.4 cm³/mol. The van der Waals surface area contributed by atoms with Gasteiger partial charge in [-0.3, -0.25) is 0 Å². The lowest BCUT2D eigenvalue weighted by atomic mass is 9.99. The lowest BCUT2D eigenvalue weighted by Crippen LogP contribution is -1.87. The van der Waals surface area contributed by atoms with Gasteiger partial charge in [-0.15, -0.1) is 0 Å². The molecule has 0 N–H and O–H groups in total. The molecule has 0 fully saturated rings. The quantitative estimate of drug-likeness (QED) is 0.335. The van der Waals surface area contributed by atoms with E-state index in [4.69, 9.17) is 0 Å². The summed E-state index contributed by atoms with van der Waals surface area (Å²) in [5, 5.41) is 5.28. The van der Waals surface area contributed by atoms with Crippen LogP contribution in [0.15, 0.2) is 48.5 Å². The molecular formula is C22H25. The number of hydrogen-bond donors (Lipinski definition) is 0. The molecule has 3 aromatic carbocycles. The van der Waals surface area contributed by atoms with Crippen molar-refractivity contribution in [3.8, 4) is 0 Å². The number of fused-ring (bicyclic) bond motifs is 2. The summed E-state index contributed by atoms with van der Waals surface area (Å²) in [6, 6.07) is 21.1. The molecule has 0 aliphatic rings. The normalized spacial score (nSPS) is 11.3. The lowest BCUT2D eigenvalue weighted by molar-refractivity contribution is 0.607. The third-order valence-electron chi connectivity index (χ3n) is 4.49. The summed E-state index contributed by atoms with van der Waals surface area (Å²) in [4.78, 5) is 0. The number of aryl methyl sites for hydroxylation is 1. The van der Waals surface area contributed by atoms with E-state index in [9.17, 15) is 0 Å². The van der Waals surface area contributed by atoms with Crippen molar-refractivity contribution in [3.05, 3.63) is 60.2 Å². The van der Waals surface area contributed by atoms with Gasteiger partial charge in [0.15, 0.2) is 0 Å². The van der Waals surface area contributed by atoms with Crippen molar-refractivity contribution in [2.75, 3.05) is 0 Å². The van der Waals surface area contributed by atoms with Gasteiger partial charge >= 0.3 is 0 Å². The van der Waals surface area contributed by atoms with Gasteiger partial charge in [0.25, 0.3) is 0 Å². The molecule has 0 nitrogen and oxygen atoms in total. The average molecular weight is 289 g/mol. The molecule has 0 aromatic heterocycles. The topological polar surface area (TPSA) is 0 Å². The van der Waals surface area contributed by atoms with Crippen LogP contribution in [-0.2, 0) is 6.42 Å². The van der Waals surface area contributed by atoms with Gasteiger partial charge in [-0.2, -0.15) is 0 Å². The second-order valence-corrected chi connectivity index (χ2v) is 6.30. The molecule has 0 amide bonds. The Morgan fingerprint density at radius 3 is 2.18 bits per heavy atom. The van der Waals surface area contributed by atoms with Crippen LogP contribution >= 0.6 is 0 Å². The van der Waals surface area contributed by atoms with Gasteiger partial charge in [0, 0.05) is 0 Å². The fourth-order valence-electron chi connectivity index (χ4n) is 3.17. The highest BCUT2D eigenvalue weighted by atomic mass is 14.0. The summed E-state index contributed by atoms with van der Waals surface area (Å²) >= 11 is 0. The Balaban J connectivity index is 1.68. The SMILES string of the molecule is CCCCCCCCc1[c]cc2cc3ccccc3cc2c1. The number of benzene rings is 3. The van der Waals surface area contributed by atoms with E-state index in [1.165, 1.54) is 65.6 Å². The highest BCUT2D eigenvalue weighted by molar-refractivity contribution is 5.98. The molecule has 0 saturated carbocycles. The zero-order valence-electron chi connectivity index (χ0n) is 13.6. The maximum atomic E-state index is 3.48. The largest absolute Gasteiger partial charge is 0.0654 e. The van der Waals surface area contributed by atoms with Gasteiger partial charge in [-0.1, -0.05) is 69.4 Å². The third kappa shape index (κ3) is 3.68. The Hall–Kier alpha value is -1.82. The molecular weight excluding hydrogens is 264 g/mol. The Kier molecular flexibility index (Phi) is 5.11. The molecule has 0 heteroatoms. The summed E-state index contributed by atoms with van der Waals surface area (Å²) in [6.45, 7) is 2.27. The van der Waals surface area contributed by atoms with E-state index in [1.807, 2.05) is 0 Å². The molecule has 0 bridgehead atoms. The summed E-state index contributed by atoms with van der Waals surface area (Å²) in [5.74, 6) is 0. The standard InChI is InChI=1S/C22H25/c1-2-3-4-5-6-7-10-18-13-14-21-16-19-11-8-9-12-20(19)17-22(21)15-18/h8-9,11-12,14-17H,2-7,10H2,1H3. The highest BCUT2D eigenvalue weighted by Gasteiger charge is 2.00. The van der Waals surface area contributed by atoms with E-state index in [-0.39, 0.29) is 0 Å². The smallest absolute Gasteiger partial charge is 0.0143 e. The van der Waals surface area contributed by atoms with Crippen molar-refractivity contribution in [1.29, 1.82) is 0 Å². The molecule has 0 spiro atoms. The summed E-state index contributed by atoms with van der Waals surface area (Å²) < 4.78 is 0. The van der Waals surface area contributed by atoms with Gasteiger partial charge in [0.05, 0.1) is 0 Å². The first-order valence-corrected chi connectivity index (χ1v) is 8.70. The molecule has 0 heterocycles. The molecule has 0 aliphatic carbocycles. The summed E-state index contributed by atoms with van der Waals surface area (Å²) in [5.41, 5.74) is 1.36. The van der Waals surface area contributed by atoms with Crippen LogP contribution in [0.4, 0.5) is 0 Å². The van der Waals surface area contributed by atoms with Crippen LogP contribution in [-0.4, -0.2) is 0 Å². The van der Waals surface area contributed by atoms with Crippen LogP contribution < -0.4 is 0 Å². The van der Waals surface area contributed by atoms with Crippen LogP contribution in [0.25, 0.3) is 21.5 Å². The average Bonchev–Trinajstić information content (AvgIpc) is 2.56. The first-order valence-electron chi connectivity index (χ1n) is 8.70. The van der Waals surface area contributed by atoms with Crippen molar-refractivity contribution in [3.63, 3.8) is 0 Å². The van der Waals surface area contributed by atoms with Crippen molar-refractivity contribution in [1.82, 2.24) is 0 Å². The molecule has 0 atom stereocenters. The molecule has 0 saturated heterocycles. The molecule has 3 rings (SSSR count). The van der Waals surface area contributed by atoms with Crippen molar-refractivity contribution < 1.29 is 0 Å². The summed E-state index contributed by atoms with van der Waals surface area (Å²) in [7, 11) is 0. The Morgan fingerprint density at radius 2 is 1.41 bits per heavy atom. The minimum absolute atomic E-state index is 1.16. The van der Waals surface area contributed by atoms with Crippen LogP contribution in [0.2, 0.25) is 0 Å². The molecule has 0 aliphatic heterocycles. The zero-order valence-corrected chi connectivity index (χ0v) is 13.6. The predicted octanol–water partition coefficient (Wildman–Crippen LogP) is 6.70. The number of hydrogen-bond acceptors (Lipinski definition) is 0. The maximum Gasteiger partial charge on any atom is -0.0143 e. The third-order valence-corrected chi connectivity index (χ3v) is 4.49. The Morgan fingerprint density at radius 1 is 0.727 bits per heavy atom. The van der Waals surface area contributed by atoms with E-state index in [0.717, 1.165) is 6.42 Å². The van der Waals surface area contributed by atoms with E-state index < -0.39 is 0 Å². The zero-order chi connectivity index (χ0) is 15.2. The van der Waals surface area contributed by atoms with Crippen LogP contribution in [0.1, 0.15) is 51.0 Å². The molecule has 1 radical (unpaired) electrons. The number of unbranched alkanes of at least 4 members (excludes halogenated alkanes) is 5. The second kappa shape index (κ2) is 7.45. The van der Waals surface area contributed by atoms with Gasteiger partial charge in [-0.25, -0.2) is 0 Å². The summed E-state index contributed by atoms with van der Waals surface area (Å²) in [6.07, 6.45) is 9.29. The molecule has 3 aromatic rings. The Labute approximate surface area is 134 Å². The highest BCUT2D eigenvalue weighted by Crippen LogP contribution is 2.24. The van der Waals surface area contributed by atoms with Crippen molar-refractivity contribution >= 4 is 21.5 Å². The van der Waals surface area contributed by atoms with Crippen molar-refractivity contribution in [2.45, 2.75) is 51.9 Å². The van der Waals surface area contributed by atoms with E-state index in [0.29, 0.717) is 0 Å². The minimum atomic E-state index is 1.16. The monoisotopic (exact) mass is 289 g/mol. The second-order valence-electron chi connectivity index (χ2n) is 6.30. The van der Waals surface area contributed by atoms with Crippen LogP contribution in [0, 0.1) is 6.07 Å². The fourth-order valence-corrected chi connectivity index (χ4v) is 3.17. The first kappa shape index (κ1) is 15.1. The van der Waals surface area contributed by atoms with Gasteiger partial charge in [-0.05, 0) is 64.2 Å². The van der Waals surface area contributed by atoms with Gasteiger partial charge in [0.2, 0.25) is 0 Å². The molecule has 0 unspecified atom stereocenters. The van der Waals surface area contributed by atoms with E-state index >= 15 is 0 Å². The Bertz CT molecular complexity index is 739. The minimum Gasteiger partial charge on any atom is -0.0654 e. The van der Waals surface area contributed by atoms with Gasteiger partial charge < -0.3 is 0 Å². The van der Waals surface area contributed by atoms with Crippen molar-refractivity contribution in [2.24, 2.45) is 0 Å². The van der Waals surface area contributed by atoms with Crippen LogP contribution in [0.3, 0.4) is 0 Å². The molecule has 22 heavy (non-hydrogen) atoms. The lowest BCUT2D eigenvalue weighted by Gasteiger charge is -2.06. The fraction of sp³-hybridized carbons (Fsp3) is 0.364.